The predicted octanol–water partition coefficient (Wildman–Crippen LogP) is 6.27. The van der Waals surface area contributed by atoms with Gasteiger partial charge in [0.05, 0.1) is 6.04 Å². The second kappa shape index (κ2) is 8.19. The number of carbonyl (C=O) groups is 2. The molecule has 2 amide bonds. The summed E-state index contributed by atoms with van der Waals surface area (Å²) in [5.74, 6) is -0.487. The summed E-state index contributed by atoms with van der Waals surface area (Å²) in [4.78, 5) is 29.5. The number of piperidine rings is 1. The Labute approximate surface area is 203 Å². The van der Waals surface area contributed by atoms with E-state index in [1.54, 1.807) is 6.07 Å². The summed E-state index contributed by atoms with van der Waals surface area (Å²) in [6.07, 6.45) is 0.214. The molecule has 0 aromatic heterocycles. The Morgan fingerprint density at radius 1 is 1.00 bits per heavy atom. The molecule has 6 heteroatoms. The highest BCUT2D eigenvalue weighted by Crippen LogP contribution is 2.60. The number of likely N-dealkylation sites (N-methyl/N-ethyl adjacent to an activating group) is 1. The summed E-state index contributed by atoms with van der Waals surface area (Å²) in [7, 11) is 0. The third-order valence-electron chi connectivity index (χ3n) is 7.12. The lowest BCUT2D eigenvalue weighted by atomic mass is 9.58. The summed E-state index contributed by atoms with van der Waals surface area (Å²) in [5, 5.41) is 4.23. The monoisotopic (exact) mass is 478 g/mol. The number of nitrogens with one attached hydrogen (secondary N) is 1. The number of aryl methyl sites for hydroxylation is 1. The highest BCUT2D eigenvalue weighted by molar-refractivity contribution is 6.31. The number of rotatable bonds is 3. The van der Waals surface area contributed by atoms with Crippen LogP contribution in [0.15, 0.2) is 66.7 Å². The fraction of sp³-hybridized carbons (Fsp3) is 0.259. The van der Waals surface area contributed by atoms with E-state index in [-0.39, 0.29) is 18.2 Å². The minimum Gasteiger partial charge on any atom is -0.334 e. The fourth-order valence-electron chi connectivity index (χ4n) is 5.75. The standard InChI is InChI=1S/C27H24Cl2N2O2/c1-3-31-24(32)15-22(17-8-6-9-18(28)13-17)27(25(31)20-10-5-4-7-16(20)2)21-12-11-19(29)14-23(21)30-26(27)33/h4-14,22,25H,3,15H2,1-2H3,(H,30,33)/t22-,25+,27-/m1/s1. The van der Waals surface area contributed by atoms with Crippen LogP contribution in [0.2, 0.25) is 10.0 Å². The van der Waals surface area contributed by atoms with Crippen molar-refractivity contribution in [2.75, 3.05) is 11.9 Å². The van der Waals surface area contributed by atoms with E-state index in [0.717, 1.165) is 22.3 Å². The summed E-state index contributed by atoms with van der Waals surface area (Å²) in [6.45, 7) is 4.49. The van der Waals surface area contributed by atoms with Crippen molar-refractivity contribution < 1.29 is 9.59 Å². The number of fused-ring (bicyclic) bond motifs is 2. The Morgan fingerprint density at radius 2 is 1.76 bits per heavy atom. The van der Waals surface area contributed by atoms with Crippen LogP contribution in [0.25, 0.3) is 0 Å². The first-order chi connectivity index (χ1) is 15.9. The van der Waals surface area contributed by atoms with Crippen LogP contribution in [0, 0.1) is 6.92 Å². The smallest absolute Gasteiger partial charge is 0.238 e. The van der Waals surface area contributed by atoms with Crippen molar-refractivity contribution in [3.8, 4) is 0 Å². The Hall–Kier alpha value is -2.82. The van der Waals surface area contributed by atoms with Gasteiger partial charge >= 0.3 is 0 Å². The Kier molecular flexibility index (Phi) is 5.46. The molecule has 1 saturated heterocycles. The van der Waals surface area contributed by atoms with Gasteiger partial charge in [-0.3, -0.25) is 9.59 Å². The molecule has 5 rings (SSSR count). The predicted molar refractivity (Wildman–Crippen MR) is 132 cm³/mol. The van der Waals surface area contributed by atoms with Crippen LogP contribution in [-0.2, 0) is 15.0 Å². The molecule has 1 N–H and O–H groups in total. The summed E-state index contributed by atoms with van der Waals surface area (Å²) in [5.41, 5.74) is 3.42. The van der Waals surface area contributed by atoms with E-state index in [0.29, 0.717) is 22.3 Å². The number of carbonyl (C=O) groups excluding carboxylic acids is 2. The Balaban J connectivity index is 1.87. The quantitative estimate of drug-likeness (QED) is 0.482. The SMILES string of the molecule is CCN1C(=O)C[C@H](c2cccc(Cl)c2)[C@@]2(C(=O)Nc3cc(Cl)ccc32)[C@@H]1c1ccccc1C. The topological polar surface area (TPSA) is 49.4 Å². The molecule has 0 radical (unpaired) electrons. The second-order valence-electron chi connectivity index (χ2n) is 8.76. The van der Waals surface area contributed by atoms with Gasteiger partial charge in [0.1, 0.15) is 5.41 Å². The molecule has 2 aliphatic heterocycles. The zero-order valence-corrected chi connectivity index (χ0v) is 20.0. The normalized spacial score (nSPS) is 24.2. The van der Waals surface area contributed by atoms with Crippen molar-refractivity contribution in [2.24, 2.45) is 0 Å². The number of nitrogens with zero attached hydrogens (tertiary/aromatic N) is 1. The maximum atomic E-state index is 14.1. The largest absolute Gasteiger partial charge is 0.334 e. The molecule has 0 saturated carbocycles. The van der Waals surface area contributed by atoms with Crippen molar-refractivity contribution in [1.82, 2.24) is 4.90 Å². The molecule has 3 aromatic carbocycles. The first-order valence-corrected chi connectivity index (χ1v) is 11.9. The second-order valence-corrected chi connectivity index (χ2v) is 9.64. The maximum absolute atomic E-state index is 14.1. The average molecular weight is 479 g/mol. The lowest BCUT2D eigenvalue weighted by Crippen LogP contribution is -2.58. The number of hydrogen-bond donors (Lipinski definition) is 1. The first-order valence-electron chi connectivity index (χ1n) is 11.1. The zero-order chi connectivity index (χ0) is 23.3. The van der Waals surface area contributed by atoms with Crippen LogP contribution in [0.5, 0.6) is 0 Å². The van der Waals surface area contributed by atoms with E-state index < -0.39 is 17.4 Å². The molecule has 3 aromatic rings. The van der Waals surface area contributed by atoms with Crippen molar-refractivity contribution in [1.29, 1.82) is 0 Å². The van der Waals surface area contributed by atoms with Crippen LogP contribution in [0.3, 0.4) is 0 Å². The van der Waals surface area contributed by atoms with Crippen molar-refractivity contribution in [3.05, 3.63) is 99.0 Å². The van der Waals surface area contributed by atoms with Crippen molar-refractivity contribution in [2.45, 2.75) is 37.6 Å². The van der Waals surface area contributed by atoms with Crippen LogP contribution in [0.1, 0.15) is 47.6 Å². The molecule has 1 spiro atoms. The van der Waals surface area contributed by atoms with Crippen LogP contribution >= 0.6 is 23.2 Å². The van der Waals surface area contributed by atoms with Gasteiger partial charge in [-0.25, -0.2) is 0 Å². The minimum atomic E-state index is -1.03. The number of likely N-dealkylation sites (tertiary alicyclic amines) is 1. The third kappa shape index (κ3) is 3.27. The Bertz CT molecular complexity index is 1270. The van der Waals surface area contributed by atoms with Crippen LogP contribution in [-0.4, -0.2) is 23.3 Å². The van der Waals surface area contributed by atoms with Gasteiger partial charge in [0, 0.05) is 34.6 Å². The van der Waals surface area contributed by atoms with E-state index >= 15 is 0 Å². The lowest BCUT2D eigenvalue weighted by Gasteiger charge is -2.51. The zero-order valence-electron chi connectivity index (χ0n) is 18.4. The molecule has 0 aliphatic carbocycles. The first kappa shape index (κ1) is 22.0. The molecule has 0 bridgehead atoms. The lowest BCUT2D eigenvalue weighted by molar-refractivity contribution is -0.145. The van der Waals surface area contributed by atoms with Crippen LogP contribution < -0.4 is 5.32 Å². The van der Waals surface area contributed by atoms with Gasteiger partial charge in [0.2, 0.25) is 11.8 Å². The van der Waals surface area contributed by atoms with Crippen molar-refractivity contribution >= 4 is 40.7 Å². The van der Waals surface area contributed by atoms with Gasteiger partial charge < -0.3 is 10.2 Å². The summed E-state index contributed by atoms with van der Waals surface area (Å²) >= 11 is 12.7. The van der Waals surface area contributed by atoms with Gasteiger partial charge in [-0.05, 0) is 60.4 Å². The van der Waals surface area contributed by atoms with E-state index in [1.165, 1.54) is 0 Å². The number of anilines is 1. The molecular formula is C27H24Cl2N2O2. The van der Waals surface area contributed by atoms with Crippen LogP contribution in [0.4, 0.5) is 5.69 Å². The fourth-order valence-corrected chi connectivity index (χ4v) is 6.12. The van der Waals surface area contributed by atoms with E-state index in [9.17, 15) is 9.59 Å². The molecule has 168 valence electrons. The Morgan fingerprint density at radius 3 is 2.48 bits per heavy atom. The van der Waals surface area contributed by atoms with E-state index in [4.69, 9.17) is 23.2 Å². The van der Waals surface area contributed by atoms with Gasteiger partial charge in [-0.2, -0.15) is 0 Å². The summed E-state index contributed by atoms with van der Waals surface area (Å²) in [6, 6.07) is 20.6. The molecule has 2 heterocycles. The number of amides is 2. The molecule has 4 nitrogen and oxygen atoms in total. The summed E-state index contributed by atoms with van der Waals surface area (Å²) < 4.78 is 0. The van der Waals surface area contributed by atoms with Crippen molar-refractivity contribution in [3.63, 3.8) is 0 Å². The van der Waals surface area contributed by atoms with Gasteiger partial charge in [-0.1, -0.05) is 65.7 Å². The maximum Gasteiger partial charge on any atom is 0.238 e. The van der Waals surface area contributed by atoms with E-state index in [2.05, 4.69) is 5.32 Å². The molecular weight excluding hydrogens is 455 g/mol. The average Bonchev–Trinajstić information content (AvgIpc) is 3.06. The third-order valence-corrected chi connectivity index (χ3v) is 7.59. The van der Waals surface area contributed by atoms with E-state index in [1.807, 2.05) is 79.4 Å². The van der Waals surface area contributed by atoms with Gasteiger partial charge in [-0.15, -0.1) is 0 Å². The van der Waals surface area contributed by atoms with Gasteiger partial charge in [0.15, 0.2) is 0 Å². The van der Waals surface area contributed by atoms with Gasteiger partial charge in [0.25, 0.3) is 0 Å². The molecule has 33 heavy (non-hydrogen) atoms. The number of benzene rings is 3. The molecule has 0 unspecified atom stereocenters. The molecule has 2 aliphatic rings. The highest BCUT2D eigenvalue weighted by Gasteiger charge is 2.63. The number of hydrogen-bond acceptors (Lipinski definition) is 2. The number of halogens is 2. The minimum absolute atomic E-state index is 0.0246. The highest BCUT2D eigenvalue weighted by atomic mass is 35.5. The molecule has 3 atom stereocenters. The molecule has 1 fully saturated rings.